The summed E-state index contributed by atoms with van der Waals surface area (Å²) in [6.45, 7) is 0. The topological polar surface area (TPSA) is 89.0 Å². The number of anilines is 1. The molecule has 37 heavy (non-hydrogen) atoms. The summed E-state index contributed by atoms with van der Waals surface area (Å²) in [5.41, 5.74) is -0.881. The molecule has 0 saturated heterocycles. The van der Waals surface area contributed by atoms with Crippen LogP contribution >= 0.6 is 11.2 Å². The van der Waals surface area contributed by atoms with E-state index in [1.807, 2.05) is 0 Å². The summed E-state index contributed by atoms with van der Waals surface area (Å²) >= 11 is -5.81. The molecule has 5 rings (SSSR count). The first-order valence-electron chi connectivity index (χ1n) is 10.7. The molecule has 7 nitrogen and oxygen atoms in total. The number of fused-ring (bicyclic) bond motifs is 1. The third-order valence-electron chi connectivity index (χ3n) is 5.40. The zero-order valence-electron chi connectivity index (χ0n) is 18.6. The second-order valence-corrected chi connectivity index (χ2v) is 9.00. The Hall–Kier alpha value is -4.58. The third kappa shape index (κ3) is 4.91. The van der Waals surface area contributed by atoms with Gasteiger partial charge in [0.2, 0.25) is 11.2 Å². The summed E-state index contributed by atoms with van der Waals surface area (Å²) in [6, 6.07) is 13.9. The average Bonchev–Trinajstić information content (AvgIpc) is 3.35. The van der Waals surface area contributed by atoms with Crippen molar-refractivity contribution in [1.82, 2.24) is 14.5 Å². The Bertz CT molecular complexity index is 1680. The summed E-state index contributed by atoms with van der Waals surface area (Å²) in [6.07, 6.45) is 4.45. The Balaban J connectivity index is 1.46. The Morgan fingerprint density at radius 1 is 1.03 bits per heavy atom. The van der Waals surface area contributed by atoms with Crippen LogP contribution in [0.5, 0.6) is 11.5 Å². The Morgan fingerprint density at radius 2 is 1.81 bits per heavy atom. The number of aromatic nitrogens is 3. The number of benzene rings is 2. The van der Waals surface area contributed by atoms with Gasteiger partial charge in [-0.15, -0.1) is 11.7 Å². The van der Waals surface area contributed by atoms with Crippen LogP contribution in [0, 0.1) is 5.82 Å². The van der Waals surface area contributed by atoms with E-state index < -0.39 is 39.1 Å². The van der Waals surface area contributed by atoms with Gasteiger partial charge in [0, 0.05) is 30.3 Å². The average molecular weight is 528 g/mol. The van der Waals surface area contributed by atoms with Crippen molar-refractivity contribution in [2.75, 3.05) is 5.32 Å². The van der Waals surface area contributed by atoms with Gasteiger partial charge in [0.25, 0.3) is 11.5 Å². The van der Waals surface area contributed by atoms with Gasteiger partial charge < -0.3 is 15.0 Å². The quantitative estimate of drug-likeness (QED) is 0.240. The number of carbonyl (C=O) groups excluding carboxylic acids is 1. The first kappa shape index (κ1) is 24.1. The molecule has 12 heteroatoms. The predicted molar refractivity (Wildman–Crippen MR) is 132 cm³/mol. The number of H-pyrrole nitrogens is 1. The van der Waals surface area contributed by atoms with Crippen molar-refractivity contribution in [3.63, 3.8) is 0 Å². The van der Waals surface area contributed by atoms with E-state index in [2.05, 4.69) is 15.3 Å². The molecule has 0 atom stereocenters. The highest BCUT2D eigenvalue weighted by atomic mass is 32.3. The summed E-state index contributed by atoms with van der Waals surface area (Å²) < 4.78 is 62.0. The van der Waals surface area contributed by atoms with Crippen molar-refractivity contribution in [2.45, 2.75) is 4.90 Å². The molecule has 0 bridgehead atoms. The number of ether oxygens (including phenoxy) is 1. The molecule has 1 amide bonds. The van der Waals surface area contributed by atoms with Crippen LogP contribution in [0.4, 0.5) is 21.7 Å². The van der Waals surface area contributed by atoms with E-state index in [0.29, 0.717) is 16.8 Å². The number of pyridine rings is 2. The van der Waals surface area contributed by atoms with E-state index in [1.54, 1.807) is 12.3 Å². The van der Waals surface area contributed by atoms with Crippen molar-refractivity contribution in [3.8, 4) is 17.2 Å². The lowest BCUT2D eigenvalue weighted by Crippen LogP contribution is -2.28. The van der Waals surface area contributed by atoms with E-state index >= 15 is 0 Å². The molecular weight excluding hydrogens is 512 g/mol. The second kappa shape index (κ2) is 9.47. The molecule has 0 aliphatic rings. The van der Waals surface area contributed by atoms with Crippen molar-refractivity contribution in [1.29, 1.82) is 0 Å². The fourth-order valence-corrected chi connectivity index (χ4v) is 4.29. The fraction of sp³-hybridized carbons (Fsp3) is 0. The molecule has 0 saturated carbocycles. The lowest BCUT2D eigenvalue weighted by atomic mass is 10.2. The van der Waals surface area contributed by atoms with E-state index in [9.17, 15) is 25.6 Å². The molecule has 0 spiro atoms. The Kier molecular flexibility index (Phi) is 6.17. The number of halogens is 4. The van der Waals surface area contributed by atoms with Gasteiger partial charge in [0.1, 0.15) is 33.4 Å². The number of rotatable bonds is 6. The van der Waals surface area contributed by atoms with Crippen LogP contribution in [0.3, 0.4) is 0 Å². The molecular formula is C25H16F4N4O3S. The normalized spacial score (nSPS) is 11.9. The number of hydrogen-bond donors (Lipinski definition) is 2. The highest BCUT2D eigenvalue weighted by Crippen LogP contribution is 2.63. The Labute approximate surface area is 208 Å². The van der Waals surface area contributed by atoms with Crippen LogP contribution in [0.25, 0.3) is 16.7 Å². The van der Waals surface area contributed by atoms with E-state index in [4.69, 9.17) is 4.74 Å². The van der Waals surface area contributed by atoms with Gasteiger partial charge in [0.05, 0.1) is 11.1 Å². The summed E-state index contributed by atoms with van der Waals surface area (Å²) in [5.74, 6) is -1.33. The van der Waals surface area contributed by atoms with Crippen LogP contribution in [-0.2, 0) is 0 Å². The van der Waals surface area contributed by atoms with E-state index in [0.717, 1.165) is 28.8 Å². The number of amides is 1. The van der Waals surface area contributed by atoms with Gasteiger partial charge in [-0.2, -0.15) is 0 Å². The molecule has 3 aromatic heterocycles. The minimum atomic E-state index is -5.81. The molecule has 0 aliphatic carbocycles. The van der Waals surface area contributed by atoms with Gasteiger partial charge in [-0.05, 0) is 60.7 Å². The van der Waals surface area contributed by atoms with Crippen LogP contribution in [0.1, 0.15) is 10.4 Å². The largest absolute Gasteiger partial charge is 0.456 e. The number of nitrogens with one attached hydrogen (secondary N) is 2. The van der Waals surface area contributed by atoms with Crippen molar-refractivity contribution in [3.05, 3.63) is 107 Å². The summed E-state index contributed by atoms with van der Waals surface area (Å²) in [5, 5.41) is 2.78. The highest BCUT2D eigenvalue weighted by molar-refractivity contribution is 8.21. The summed E-state index contributed by atoms with van der Waals surface area (Å²) in [7, 11) is 0. The van der Waals surface area contributed by atoms with Gasteiger partial charge in [-0.1, -0.05) is 0 Å². The zero-order valence-corrected chi connectivity index (χ0v) is 19.4. The molecule has 2 aromatic carbocycles. The molecule has 2 N–H and O–H groups in total. The second-order valence-electron chi connectivity index (χ2n) is 7.74. The molecule has 0 radical (unpaired) electrons. The number of hydrogen-bond acceptors (Lipinski definition) is 4. The maximum Gasteiger partial charge on any atom is 0.267 e. The van der Waals surface area contributed by atoms with Gasteiger partial charge in [0.15, 0.2) is 0 Å². The molecule has 188 valence electrons. The van der Waals surface area contributed by atoms with Crippen LogP contribution in [-0.4, -0.2) is 20.4 Å². The van der Waals surface area contributed by atoms with Crippen molar-refractivity contribution < 1.29 is 25.6 Å². The monoisotopic (exact) mass is 528 g/mol. The Morgan fingerprint density at radius 3 is 2.57 bits per heavy atom. The molecule has 0 aliphatic heterocycles. The minimum Gasteiger partial charge on any atom is -0.456 e. The lowest BCUT2D eigenvalue weighted by Gasteiger charge is -2.17. The maximum absolute atomic E-state index is 14.0. The predicted octanol–water partition coefficient (Wildman–Crippen LogP) is 6.71. The molecule has 0 fully saturated rings. The SMILES string of the molecule is O=C(Nc1ccc(Oc2ccnc3[nH]ccc23)cc1S(F)(F)F)c1cccn(-c2ccc(F)cc2)c1=O. The zero-order chi connectivity index (χ0) is 26.2. The first-order valence-corrected chi connectivity index (χ1v) is 12.0. The minimum absolute atomic E-state index is 0.0927. The smallest absolute Gasteiger partial charge is 0.267 e. The van der Waals surface area contributed by atoms with E-state index in [-0.39, 0.29) is 17.0 Å². The number of carbonyl (C=O) groups is 1. The first-order chi connectivity index (χ1) is 17.7. The van der Waals surface area contributed by atoms with Gasteiger partial charge in [-0.25, -0.2) is 9.37 Å². The van der Waals surface area contributed by atoms with Crippen LogP contribution in [0.2, 0.25) is 0 Å². The third-order valence-corrected chi connectivity index (χ3v) is 6.23. The van der Waals surface area contributed by atoms with Crippen LogP contribution in [0.15, 0.2) is 95.0 Å². The van der Waals surface area contributed by atoms with Crippen molar-refractivity contribution >= 4 is 33.8 Å². The van der Waals surface area contributed by atoms with Gasteiger partial charge >= 0.3 is 0 Å². The fourth-order valence-electron chi connectivity index (χ4n) is 3.67. The summed E-state index contributed by atoms with van der Waals surface area (Å²) in [4.78, 5) is 31.7. The standard InChI is InChI=1S/C25H16F4N4O3S/c26-15-3-5-16(6-4-15)33-13-1-2-19(25(33)35)24(34)32-20-8-7-17(14-22(20)37(27,28)29)36-21-10-12-31-23-18(21)9-11-30-23/h1-14H,(H,30,31)(H,32,34). The maximum atomic E-state index is 14.0. The van der Waals surface area contributed by atoms with Gasteiger partial charge in [-0.3, -0.25) is 14.2 Å². The molecule has 3 heterocycles. The van der Waals surface area contributed by atoms with E-state index in [1.165, 1.54) is 48.8 Å². The number of nitrogens with zero attached hydrogens (tertiary/aromatic N) is 2. The van der Waals surface area contributed by atoms with Crippen LogP contribution < -0.4 is 15.6 Å². The highest BCUT2D eigenvalue weighted by Gasteiger charge is 2.30. The lowest BCUT2D eigenvalue weighted by molar-refractivity contribution is 0.102. The molecule has 5 aromatic rings. The van der Waals surface area contributed by atoms with Crippen molar-refractivity contribution in [2.24, 2.45) is 0 Å². The molecule has 0 unspecified atom stereocenters. The number of aromatic amines is 1.